The van der Waals surface area contributed by atoms with Crippen molar-refractivity contribution in [2.24, 2.45) is 0 Å². The molecule has 0 N–H and O–H groups in total. The predicted octanol–water partition coefficient (Wildman–Crippen LogP) is -0.399. The van der Waals surface area contributed by atoms with Crippen molar-refractivity contribution < 1.29 is 26.2 Å². The lowest BCUT2D eigenvalue weighted by Crippen LogP contribution is -1.18. The Morgan fingerprint density at radius 3 is 0.667 bits per heavy atom. The fourth-order valence-electron chi connectivity index (χ4n) is 0. The molecule has 8 heteroatoms. The highest BCUT2D eigenvalue weighted by molar-refractivity contribution is 7.51. The summed E-state index contributed by atoms with van der Waals surface area (Å²) in [4.78, 5) is 0. The summed E-state index contributed by atoms with van der Waals surface area (Å²) in [7, 11) is 0. The predicted molar refractivity (Wildman–Crippen MR) is 29.6 cm³/mol. The summed E-state index contributed by atoms with van der Waals surface area (Å²) in [6.45, 7) is 0. The summed E-state index contributed by atoms with van der Waals surface area (Å²) >= 11 is -1.50. The second kappa shape index (κ2) is 141. The molecular weight excluding hydrogens is 178 g/mol. The highest BCUT2D eigenvalue weighted by atomic mass is 32.1. The monoisotopic (exact) mass is 184 g/mol. The highest BCUT2D eigenvalue weighted by Crippen LogP contribution is 0.849. The Balaban J connectivity index is -0.00000000889. The lowest BCUT2D eigenvalue weighted by molar-refractivity contribution is 0.628. The molecule has 0 heterocycles. The summed E-state index contributed by atoms with van der Waals surface area (Å²) in [5, 5.41) is 0. The van der Waals surface area contributed by atoms with Crippen LogP contribution in [-0.2, 0) is 23.1 Å². The van der Waals surface area contributed by atoms with Crippen LogP contribution in [0.4, 0.5) is 9.41 Å². The molecule has 0 atom stereocenters. The van der Waals surface area contributed by atoms with E-state index in [1.54, 1.807) is 0 Å². The summed E-state index contributed by atoms with van der Waals surface area (Å²) in [6.07, 6.45) is 0. The third kappa shape index (κ3) is 908. The Morgan fingerprint density at radius 1 is 0.667 bits per heavy atom. The maximum Gasteiger partial charge on any atom is 0.335 e. The van der Waals surface area contributed by atoms with E-state index in [4.69, 9.17) is 16.8 Å². The van der Waals surface area contributed by atoms with E-state index in [-0.39, 0.29) is 16.8 Å². The van der Waals surface area contributed by atoms with Crippen molar-refractivity contribution >= 4 is 23.1 Å². The van der Waals surface area contributed by atoms with E-state index in [0.717, 1.165) is 0 Å². The summed E-state index contributed by atoms with van der Waals surface area (Å²) < 4.78 is 33.2. The summed E-state index contributed by atoms with van der Waals surface area (Å²) in [6, 6.07) is 0. The van der Waals surface area contributed by atoms with Crippen LogP contribution in [0.3, 0.4) is 0 Å². The summed E-state index contributed by atoms with van der Waals surface area (Å²) in [5.74, 6) is 0. The van der Waals surface area contributed by atoms with Gasteiger partial charge in [0.15, 0.2) is 0 Å². The fraction of sp³-hybridized carbons (Fsp3) is 1.00. The first-order valence-corrected chi connectivity index (χ1v) is 2.00. The minimum absolute atomic E-state index is 0. The minimum Gasteiger partial charge on any atom is -0.269 e. The van der Waals surface area contributed by atoms with E-state index in [9.17, 15) is 0 Å². The van der Waals surface area contributed by atoms with Gasteiger partial charge in [0.2, 0.25) is 0 Å². The maximum absolute atomic E-state index is 8.29. The average molecular weight is 184 g/mol. The van der Waals surface area contributed by atoms with Crippen molar-refractivity contribution in [3.05, 3.63) is 0 Å². The minimum atomic E-state index is -0.750. The number of halogens is 2. The van der Waals surface area contributed by atoms with Crippen molar-refractivity contribution in [2.45, 2.75) is 7.43 Å². The number of hydrogen-bond donors (Lipinski definition) is 0. The molecule has 0 aromatic rings. The molecule has 60 valence electrons. The first-order chi connectivity index (χ1) is 2.83. The van der Waals surface area contributed by atoms with Crippen LogP contribution in [-0.4, -0.2) is 16.8 Å². The van der Waals surface area contributed by atoms with E-state index in [2.05, 4.69) is 0 Å². The van der Waals surface area contributed by atoms with E-state index < -0.39 is 23.1 Å². The molecule has 0 amide bonds. The maximum atomic E-state index is 8.29. The van der Waals surface area contributed by atoms with Gasteiger partial charge in [0.05, 0.1) is 0 Å². The van der Waals surface area contributed by atoms with Crippen molar-refractivity contribution in [1.82, 2.24) is 0 Å². The van der Waals surface area contributed by atoms with Crippen molar-refractivity contribution in [1.29, 1.82) is 0 Å². The SMILES string of the molecule is C.F.F.O=S=O.O=S=O. The van der Waals surface area contributed by atoms with Crippen LogP contribution in [0.1, 0.15) is 7.43 Å². The number of rotatable bonds is 0. The Morgan fingerprint density at radius 2 is 0.667 bits per heavy atom. The first-order valence-electron chi connectivity index (χ1n) is 0.667. The van der Waals surface area contributed by atoms with E-state index >= 15 is 0 Å². The normalized spacial score (nSPS) is 2.67. The standard InChI is InChI=1S/CH4.2FH.2O2S/c;;;2*1-3-2/h1H4;2*1H;;. The second-order valence-corrected chi connectivity index (χ2v) is 0.408. The topological polar surface area (TPSA) is 68.3 Å². The van der Waals surface area contributed by atoms with Gasteiger partial charge in [0.1, 0.15) is 0 Å². The Bertz CT molecular complexity index is 70.6. The van der Waals surface area contributed by atoms with Gasteiger partial charge in [-0.15, -0.1) is 0 Å². The molecule has 0 spiro atoms. The highest BCUT2D eigenvalue weighted by Gasteiger charge is 1.12. The van der Waals surface area contributed by atoms with Gasteiger partial charge in [0.25, 0.3) is 0 Å². The van der Waals surface area contributed by atoms with Gasteiger partial charge in [-0.05, 0) is 0 Å². The molecule has 0 unspecified atom stereocenters. The molecule has 0 radical (unpaired) electrons. The smallest absolute Gasteiger partial charge is 0.269 e. The fourth-order valence-corrected chi connectivity index (χ4v) is 0. The molecule has 0 saturated carbocycles. The zero-order valence-electron chi connectivity index (χ0n) is 3.27. The molecular formula is CH6F2O4S2. The molecule has 0 aliphatic rings. The Hall–Kier alpha value is -0.500. The van der Waals surface area contributed by atoms with Gasteiger partial charge in [-0.3, -0.25) is 9.41 Å². The molecule has 0 aromatic carbocycles. The largest absolute Gasteiger partial charge is 0.335 e. The van der Waals surface area contributed by atoms with Gasteiger partial charge >= 0.3 is 23.1 Å². The molecule has 0 fully saturated rings. The van der Waals surface area contributed by atoms with Gasteiger partial charge in [-0.1, -0.05) is 7.43 Å². The first kappa shape index (κ1) is 39.0. The van der Waals surface area contributed by atoms with Crippen molar-refractivity contribution in [3.63, 3.8) is 0 Å². The summed E-state index contributed by atoms with van der Waals surface area (Å²) in [5.41, 5.74) is 0. The number of hydrogen-bond acceptors (Lipinski definition) is 4. The van der Waals surface area contributed by atoms with Crippen LogP contribution in [0.15, 0.2) is 0 Å². The third-order valence-electron chi connectivity index (χ3n) is 0. The van der Waals surface area contributed by atoms with Crippen LogP contribution < -0.4 is 0 Å². The molecule has 0 aliphatic heterocycles. The van der Waals surface area contributed by atoms with Gasteiger partial charge < -0.3 is 0 Å². The van der Waals surface area contributed by atoms with E-state index in [1.807, 2.05) is 0 Å². The lowest BCUT2D eigenvalue weighted by Gasteiger charge is -0.947. The molecule has 9 heavy (non-hydrogen) atoms. The van der Waals surface area contributed by atoms with Crippen molar-refractivity contribution in [2.75, 3.05) is 0 Å². The van der Waals surface area contributed by atoms with Crippen LogP contribution in [0.2, 0.25) is 0 Å². The third-order valence-corrected chi connectivity index (χ3v) is 0. The average Bonchev–Trinajstić information content (AvgIpc) is 1.39. The second-order valence-electron chi connectivity index (χ2n) is 0.136. The zero-order chi connectivity index (χ0) is 5.41. The lowest BCUT2D eigenvalue weighted by atomic mass is 12.0. The quantitative estimate of drug-likeness (QED) is 0.513. The van der Waals surface area contributed by atoms with Gasteiger partial charge in [0, 0.05) is 0 Å². The molecule has 4 nitrogen and oxygen atoms in total. The van der Waals surface area contributed by atoms with Crippen LogP contribution >= 0.6 is 0 Å². The van der Waals surface area contributed by atoms with E-state index in [0.29, 0.717) is 0 Å². The van der Waals surface area contributed by atoms with Crippen LogP contribution in [0, 0.1) is 0 Å². The Labute approximate surface area is 57.6 Å². The zero-order valence-corrected chi connectivity index (χ0v) is 4.90. The van der Waals surface area contributed by atoms with Crippen LogP contribution in [0.5, 0.6) is 0 Å². The molecule has 0 aromatic heterocycles. The molecule has 0 aliphatic carbocycles. The molecule has 0 bridgehead atoms. The van der Waals surface area contributed by atoms with Gasteiger partial charge in [-0.2, -0.15) is 16.8 Å². The van der Waals surface area contributed by atoms with Gasteiger partial charge in [-0.25, -0.2) is 0 Å². The molecule has 0 saturated heterocycles. The molecule has 0 rings (SSSR count). The van der Waals surface area contributed by atoms with E-state index in [1.165, 1.54) is 0 Å². The van der Waals surface area contributed by atoms with Crippen molar-refractivity contribution in [3.8, 4) is 0 Å². The Kier molecular flexibility index (Phi) is 611. The van der Waals surface area contributed by atoms with Crippen LogP contribution in [0.25, 0.3) is 0 Å².